The lowest BCUT2D eigenvalue weighted by molar-refractivity contribution is 0.349. The van der Waals surface area contributed by atoms with Gasteiger partial charge < -0.3 is 10.1 Å². The first-order valence-corrected chi connectivity index (χ1v) is 6.59. The number of hydrogen-bond donors (Lipinski definition) is 1. The Labute approximate surface area is 109 Å². The molecule has 18 heavy (non-hydrogen) atoms. The van der Waals surface area contributed by atoms with Gasteiger partial charge in [0.15, 0.2) is 0 Å². The molecule has 1 aliphatic heterocycles. The summed E-state index contributed by atoms with van der Waals surface area (Å²) in [5.74, 6) is 0.919. The summed E-state index contributed by atoms with van der Waals surface area (Å²) in [7, 11) is 0. The van der Waals surface area contributed by atoms with Crippen molar-refractivity contribution in [2.24, 2.45) is 0 Å². The van der Waals surface area contributed by atoms with Crippen LogP contribution >= 0.6 is 0 Å². The molecule has 2 nitrogen and oxygen atoms in total. The van der Waals surface area contributed by atoms with Gasteiger partial charge in [0, 0.05) is 6.54 Å². The van der Waals surface area contributed by atoms with Crippen LogP contribution in [0, 0.1) is 0 Å². The minimum absolute atomic E-state index is 0.614. The van der Waals surface area contributed by atoms with E-state index in [1.165, 1.54) is 11.1 Å². The van der Waals surface area contributed by atoms with Crippen LogP contribution < -0.4 is 10.1 Å². The Morgan fingerprint density at radius 2 is 2.11 bits per heavy atom. The van der Waals surface area contributed by atoms with Gasteiger partial charge in [-0.25, -0.2) is 0 Å². The van der Waals surface area contributed by atoms with E-state index in [1.54, 1.807) is 0 Å². The molecule has 2 heteroatoms. The van der Waals surface area contributed by atoms with Crippen molar-refractivity contribution in [3.8, 4) is 5.75 Å². The highest BCUT2D eigenvalue weighted by molar-refractivity contribution is 5.67. The molecule has 0 fully saturated rings. The first kappa shape index (κ1) is 12.9. The highest BCUT2D eigenvalue weighted by atomic mass is 16.5. The lowest BCUT2D eigenvalue weighted by Gasteiger charge is -2.14. The Kier molecular flexibility index (Phi) is 4.59. The van der Waals surface area contributed by atoms with Gasteiger partial charge in [-0.1, -0.05) is 31.7 Å². The Hall–Kier alpha value is -1.54. The smallest absolute Gasteiger partial charge is 0.119 e. The van der Waals surface area contributed by atoms with Crippen molar-refractivity contribution in [2.75, 3.05) is 19.7 Å². The number of nitrogens with one attached hydrogen (secondary N) is 1. The largest absolute Gasteiger partial charge is 0.489 e. The minimum Gasteiger partial charge on any atom is -0.489 e. The van der Waals surface area contributed by atoms with E-state index in [1.807, 2.05) is 12.1 Å². The van der Waals surface area contributed by atoms with Crippen LogP contribution in [0.15, 0.2) is 42.5 Å². The van der Waals surface area contributed by atoms with Crippen LogP contribution in [0.3, 0.4) is 0 Å². The zero-order valence-corrected chi connectivity index (χ0v) is 11.0. The van der Waals surface area contributed by atoms with Gasteiger partial charge in [-0.05, 0) is 48.2 Å². The van der Waals surface area contributed by atoms with Crippen LogP contribution in [0.1, 0.15) is 25.3 Å². The lowest BCUT2D eigenvalue weighted by atomic mass is 10.0. The fourth-order valence-electron chi connectivity index (χ4n) is 1.94. The Morgan fingerprint density at radius 1 is 1.33 bits per heavy atom. The predicted octanol–water partition coefficient (Wildman–Crippen LogP) is 3.41. The molecular formula is C16H21NO. The summed E-state index contributed by atoms with van der Waals surface area (Å²) >= 11 is 0. The topological polar surface area (TPSA) is 21.3 Å². The van der Waals surface area contributed by atoms with Crippen molar-refractivity contribution in [3.63, 3.8) is 0 Å². The van der Waals surface area contributed by atoms with Gasteiger partial charge in [0.05, 0.1) is 0 Å². The van der Waals surface area contributed by atoms with E-state index >= 15 is 0 Å². The standard InChI is InChI=1S/C16H21NO/c1-3-13(2)12-18-16-6-4-14(5-7-16)15-8-10-17-11-9-15/h4-8,17H,2-3,9-12H2,1H3. The average molecular weight is 243 g/mol. The first-order chi connectivity index (χ1) is 8.79. The van der Waals surface area contributed by atoms with E-state index in [-0.39, 0.29) is 0 Å². The monoisotopic (exact) mass is 243 g/mol. The summed E-state index contributed by atoms with van der Waals surface area (Å²) < 4.78 is 5.67. The van der Waals surface area contributed by atoms with Crippen molar-refractivity contribution in [2.45, 2.75) is 19.8 Å². The summed E-state index contributed by atoms with van der Waals surface area (Å²) in [4.78, 5) is 0. The SMILES string of the molecule is C=C(CC)COc1ccc(C2=CCNCC2)cc1. The maximum absolute atomic E-state index is 5.67. The van der Waals surface area contributed by atoms with E-state index in [9.17, 15) is 0 Å². The molecule has 2 rings (SSSR count). The molecule has 1 N–H and O–H groups in total. The van der Waals surface area contributed by atoms with Crippen molar-refractivity contribution in [1.29, 1.82) is 0 Å². The highest BCUT2D eigenvalue weighted by Crippen LogP contribution is 2.22. The average Bonchev–Trinajstić information content (AvgIpc) is 2.46. The van der Waals surface area contributed by atoms with Gasteiger partial charge >= 0.3 is 0 Å². The summed E-state index contributed by atoms with van der Waals surface area (Å²) in [6.07, 6.45) is 4.34. The molecule has 1 aromatic rings. The summed E-state index contributed by atoms with van der Waals surface area (Å²) in [5.41, 5.74) is 3.86. The van der Waals surface area contributed by atoms with Crippen molar-refractivity contribution >= 4 is 5.57 Å². The molecule has 0 radical (unpaired) electrons. The van der Waals surface area contributed by atoms with E-state index in [0.29, 0.717) is 6.61 Å². The van der Waals surface area contributed by atoms with Gasteiger partial charge in [-0.3, -0.25) is 0 Å². The van der Waals surface area contributed by atoms with Crippen LogP contribution in [0.25, 0.3) is 5.57 Å². The van der Waals surface area contributed by atoms with Crippen LogP contribution in [0.2, 0.25) is 0 Å². The number of hydrogen-bond acceptors (Lipinski definition) is 2. The number of ether oxygens (including phenoxy) is 1. The zero-order valence-electron chi connectivity index (χ0n) is 11.0. The molecule has 96 valence electrons. The van der Waals surface area contributed by atoms with Crippen LogP contribution in [-0.2, 0) is 0 Å². The Morgan fingerprint density at radius 3 is 2.72 bits per heavy atom. The minimum atomic E-state index is 0.614. The molecule has 1 aliphatic rings. The number of benzene rings is 1. The van der Waals surface area contributed by atoms with Crippen molar-refractivity contribution < 1.29 is 4.74 Å². The zero-order chi connectivity index (χ0) is 12.8. The maximum atomic E-state index is 5.67. The van der Waals surface area contributed by atoms with Crippen LogP contribution in [-0.4, -0.2) is 19.7 Å². The molecule has 1 heterocycles. The third kappa shape index (κ3) is 3.47. The predicted molar refractivity (Wildman–Crippen MR) is 76.8 cm³/mol. The quantitative estimate of drug-likeness (QED) is 0.800. The van der Waals surface area contributed by atoms with Crippen LogP contribution in [0.5, 0.6) is 5.75 Å². The second-order valence-corrected chi connectivity index (χ2v) is 4.60. The normalized spacial score (nSPS) is 15.1. The highest BCUT2D eigenvalue weighted by Gasteiger charge is 2.05. The van der Waals surface area contributed by atoms with Gasteiger partial charge in [0.2, 0.25) is 0 Å². The molecule has 0 aliphatic carbocycles. The van der Waals surface area contributed by atoms with Crippen LogP contribution in [0.4, 0.5) is 0 Å². The van der Waals surface area contributed by atoms with E-state index in [4.69, 9.17) is 4.74 Å². The molecular weight excluding hydrogens is 222 g/mol. The molecule has 0 spiro atoms. The van der Waals surface area contributed by atoms with Gasteiger partial charge in [0.1, 0.15) is 12.4 Å². The Balaban J connectivity index is 1.97. The molecule has 0 saturated heterocycles. The fraction of sp³-hybridized carbons (Fsp3) is 0.375. The number of rotatable bonds is 5. The Bertz CT molecular complexity index is 431. The maximum Gasteiger partial charge on any atom is 0.119 e. The van der Waals surface area contributed by atoms with Gasteiger partial charge in [0.25, 0.3) is 0 Å². The lowest BCUT2D eigenvalue weighted by Crippen LogP contribution is -2.19. The molecule has 0 bridgehead atoms. The molecule has 0 atom stereocenters. The third-order valence-electron chi connectivity index (χ3n) is 3.23. The molecule has 0 saturated carbocycles. The summed E-state index contributed by atoms with van der Waals surface area (Å²) in [6, 6.07) is 8.37. The van der Waals surface area contributed by atoms with Gasteiger partial charge in [-0.2, -0.15) is 0 Å². The molecule has 0 aromatic heterocycles. The second-order valence-electron chi connectivity index (χ2n) is 4.60. The summed E-state index contributed by atoms with van der Waals surface area (Å²) in [5, 5.41) is 3.32. The molecule has 0 amide bonds. The van der Waals surface area contributed by atoms with E-state index in [2.05, 4.69) is 37.0 Å². The summed E-state index contributed by atoms with van der Waals surface area (Å²) in [6.45, 7) is 8.69. The fourth-order valence-corrected chi connectivity index (χ4v) is 1.94. The van der Waals surface area contributed by atoms with E-state index in [0.717, 1.165) is 37.3 Å². The van der Waals surface area contributed by atoms with Crippen molar-refractivity contribution in [1.82, 2.24) is 5.32 Å². The molecule has 1 aromatic carbocycles. The second kappa shape index (κ2) is 6.41. The van der Waals surface area contributed by atoms with Gasteiger partial charge in [-0.15, -0.1) is 0 Å². The van der Waals surface area contributed by atoms with E-state index < -0.39 is 0 Å². The van der Waals surface area contributed by atoms with Crippen molar-refractivity contribution in [3.05, 3.63) is 48.1 Å². The first-order valence-electron chi connectivity index (χ1n) is 6.59. The molecule has 0 unspecified atom stereocenters. The third-order valence-corrected chi connectivity index (χ3v) is 3.23.